The fourth-order valence-electron chi connectivity index (χ4n) is 2.36. The molecule has 2 N–H and O–H groups in total. The van der Waals surface area contributed by atoms with Crippen LogP contribution in [-0.4, -0.2) is 33.9 Å². The average Bonchev–Trinajstić information content (AvgIpc) is 2.89. The van der Waals surface area contributed by atoms with E-state index >= 15 is 0 Å². The SMILES string of the molecule is COc1cc(C)c(NCC2CCNC2)c(OC)c1. The van der Waals surface area contributed by atoms with Gasteiger partial charge in [-0.2, -0.15) is 0 Å². The van der Waals surface area contributed by atoms with Gasteiger partial charge in [0.15, 0.2) is 0 Å². The maximum Gasteiger partial charge on any atom is 0.145 e. The molecule has 0 aliphatic carbocycles. The van der Waals surface area contributed by atoms with E-state index in [-0.39, 0.29) is 0 Å². The lowest BCUT2D eigenvalue weighted by atomic mass is 10.1. The van der Waals surface area contributed by atoms with E-state index in [1.807, 2.05) is 12.1 Å². The molecule has 100 valence electrons. The molecule has 1 aromatic rings. The van der Waals surface area contributed by atoms with Gasteiger partial charge >= 0.3 is 0 Å². The van der Waals surface area contributed by atoms with E-state index in [0.717, 1.165) is 42.4 Å². The Hall–Kier alpha value is -1.42. The van der Waals surface area contributed by atoms with Gasteiger partial charge in [-0.25, -0.2) is 0 Å². The van der Waals surface area contributed by atoms with Gasteiger partial charge in [0.2, 0.25) is 0 Å². The fourth-order valence-corrected chi connectivity index (χ4v) is 2.36. The van der Waals surface area contributed by atoms with E-state index in [4.69, 9.17) is 9.47 Å². The van der Waals surface area contributed by atoms with Crippen molar-refractivity contribution >= 4 is 5.69 Å². The Balaban J connectivity index is 2.10. The maximum absolute atomic E-state index is 5.43. The summed E-state index contributed by atoms with van der Waals surface area (Å²) in [6, 6.07) is 3.94. The zero-order valence-electron chi connectivity index (χ0n) is 11.4. The quantitative estimate of drug-likeness (QED) is 0.839. The van der Waals surface area contributed by atoms with Gasteiger partial charge in [-0.15, -0.1) is 0 Å². The molecule has 1 aromatic carbocycles. The molecule has 1 fully saturated rings. The fraction of sp³-hybridized carbons (Fsp3) is 0.571. The summed E-state index contributed by atoms with van der Waals surface area (Å²) in [4.78, 5) is 0. The summed E-state index contributed by atoms with van der Waals surface area (Å²) in [5, 5.41) is 6.88. The molecule has 1 heterocycles. The highest BCUT2D eigenvalue weighted by Gasteiger charge is 2.16. The molecule has 2 rings (SSSR count). The third kappa shape index (κ3) is 2.88. The van der Waals surface area contributed by atoms with Gasteiger partial charge in [0, 0.05) is 12.6 Å². The van der Waals surface area contributed by atoms with Crippen molar-refractivity contribution in [3.63, 3.8) is 0 Å². The lowest BCUT2D eigenvalue weighted by Gasteiger charge is -2.17. The van der Waals surface area contributed by atoms with Gasteiger partial charge in [0.25, 0.3) is 0 Å². The van der Waals surface area contributed by atoms with Crippen LogP contribution in [0.5, 0.6) is 11.5 Å². The number of rotatable bonds is 5. The van der Waals surface area contributed by atoms with Crippen LogP contribution in [0, 0.1) is 12.8 Å². The highest BCUT2D eigenvalue weighted by atomic mass is 16.5. The summed E-state index contributed by atoms with van der Waals surface area (Å²) in [5.74, 6) is 2.38. The first kappa shape index (κ1) is 13.0. The number of methoxy groups -OCH3 is 2. The molecule has 0 spiro atoms. The maximum atomic E-state index is 5.43. The molecule has 1 aliphatic heterocycles. The van der Waals surface area contributed by atoms with Crippen molar-refractivity contribution in [2.45, 2.75) is 13.3 Å². The molecular weight excluding hydrogens is 228 g/mol. The third-order valence-electron chi connectivity index (χ3n) is 3.46. The summed E-state index contributed by atoms with van der Waals surface area (Å²) < 4.78 is 10.7. The van der Waals surface area contributed by atoms with Crippen molar-refractivity contribution in [1.82, 2.24) is 5.32 Å². The van der Waals surface area contributed by atoms with Crippen LogP contribution in [0.4, 0.5) is 5.69 Å². The van der Waals surface area contributed by atoms with Crippen LogP contribution in [0.25, 0.3) is 0 Å². The Kier molecular flexibility index (Phi) is 4.31. The molecule has 4 nitrogen and oxygen atoms in total. The number of hydrogen-bond donors (Lipinski definition) is 2. The average molecular weight is 250 g/mol. The normalized spacial score (nSPS) is 18.7. The first-order valence-corrected chi connectivity index (χ1v) is 6.41. The van der Waals surface area contributed by atoms with Crippen molar-refractivity contribution in [2.75, 3.05) is 39.2 Å². The van der Waals surface area contributed by atoms with Crippen LogP contribution in [0.3, 0.4) is 0 Å². The lowest BCUT2D eigenvalue weighted by Crippen LogP contribution is -2.18. The zero-order chi connectivity index (χ0) is 13.0. The van der Waals surface area contributed by atoms with E-state index in [1.54, 1.807) is 14.2 Å². The minimum atomic E-state index is 0.705. The molecule has 1 unspecified atom stereocenters. The van der Waals surface area contributed by atoms with E-state index in [9.17, 15) is 0 Å². The van der Waals surface area contributed by atoms with Crippen LogP contribution in [0.2, 0.25) is 0 Å². The monoisotopic (exact) mass is 250 g/mol. The first-order valence-electron chi connectivity index (χ1n) is 6.41. The van der Waals surface area contributed by atoms with Gasteiger partial charge in [-0.3, -0.25) is 0 Å². The second-order valence-electron chi connectivity index (χ2n) is 4.76. The second kappa shape index (κ2) is 5.96. The zero-order valence-corrected chi connectivity index (χ0v) is 11.4. The van der Waals surface area contributed by atoms with Crippen molar-refractivity contribution < 1.29 is 9.47 Å². The van der Waals surface area contributed by atoms with Crippen LogP contribution >= 0.6 is 0 Å². The minimum absolute atomic E-state index is 0.705. The molecule has 0 saturated carbocycles. The number of benzene rings is 1. The van der Waals surface area contributed by atoms with Crippen molar-refractivity contribution in [1.29, 1.82) is 0 Å². The van der Waals surface area contributed by atoms with Crippen molar-refractivity contribution in [3.8, 4) is 11.5 Å². The van der Waals surface area contributed by atoms with E-state index < -0.39 is 0 Å². The van der Waals surface area contributed by atoms with Crippen LogP contribution in [-0.2, 0) is 0 Å². The van der Waals surface area contributed by atoms with Gasteiger partial charge < -0.3 is 20.1 Å². The minimum Gasteiger partial charge on any atom is -0.497 e. The number of aryl methyl sites for hydroxylation is 1. The lowest BCUT2D eigenvalue weighted by molar-refractivity contribution is 0.394. The van der Waals surface area contributed by atoms with Gasteiger partial charge in [0.05, 0.1) is 19.9 Å². The van der Waals surface area contributed by atoms with Crippen LogP contribution in [0.1, 0.15) is 12.0 Å². The summed E-state index contributed by atoms with van der Waals surface area (Å²) in [6.45, 7) is 5.28. The molecule has 18 heavy (non-hydrogen) atoms. The third-order valence-corrected chi connectivity index (χ3v) is 3.46. The molecule has 0 radical (unpaired) electrons. The summed E-state index contributed by atoms with van der Waals surface area (Å²) >= 11 is 0. The number of nitrogens with one attached hydrogen (secondary N) is 2. The highest BCUT2D eigenvalue weighted by molar-refractivity contribution is 5.64. The first-order chi connectivity index (χ1) is 8.74. The molecule has 0 amide bonds. The largest absolute Gasteiger partial charge is 0.497 e. The summed E-state index contributed by atoms with van der Waals surface area (Å²) in [5.41, 5.74) is 2.22. The molecule has 1 atom stereocenters. The van der Waals surface area contributed by atoms with Crippen LogP contribution < -0.4 is 20.1 Å². The predicted molar refractivity (Wildman–Crippen MR) is 73.7 cm³/mol. The molecular formula is C14H22N2O2. The standard InChI is InChI=1S/C14H22N2O2/c1-10-6-12(17-2)7-13(18-3)14(10)16-9-11-4-5-15-8-11/h6-7,11,15-16H,4-5,8-9H2,1-3H3. The Bertz CT molecular complexity index is 401. The Morgan fingerprint density at radius 1 is 1.33 bits per heavy atom. The van der Waals surface area contributed by atoms with Gasteiger partial charge in [-0.05, 0) is 44.0 Å². The van der Waals surface area contributed by atoms with Crippen molar-refractivity contribution in [3.05, 3.63) is 17.7 Å². The molecule has 1 aliphatic rings. The Labute approximate surface area is 109 Å². The van der Waals surface area contributed by atoms with E-state index in [0.29, 0.717) is 5.92 Å². The molecule has 0 aromatic heterocycles. The second-order valence-corrected chi connectivity index (χ2v) is 4.76. The molecule has 4 heteroatoms. The number of anilines is 1. The molecule has 0 bridgehead atoms. The highest BCUT2D eigenvalue weighted by Crippen LogP contribution is 2.33. The number of ether oxygens (including phenoxy) is 2. The summed E-state index contributed by atoms with van der Waals surface area (Å²) in [6.07, 6.45) is 1.24. The molecule has 1 saturated heterocycles. The van der Waals surface area contributed by atoms with E-state index in [2.05, 4.69) is 17.6 Å². The smallest absolute Gasteiger partial charge is 0.145 e. The number of hydrogen-bond acceptors (Lipinski definition) is 4. The topological polar surface area (TPSA) is 42.5 Å². The summed E-state index contributed by atoms with van der Waals surface area (Å²) in [7, 11) is 3.36. The van der Waals surface area contributed by atoms with Gasteiger partial charge in [-0.1, -0.05) is 0 Å². The van der Waals surface area contributed by atoms with Gasteiger partial charge in [0.1, 0.15) is 11.5 Å². The van der Waals surface area contributed by atoms with Crippen LogP contribution in [0.15, 0.2) is 12.1 Å². The van der Waals surface area contributed by atoms with E-state index in [1.165, 1.54) is 6.42 Å². The Morgan fingerprint density at radius 2 is 2.17 bits per heavy atom. The predicted octanol–water partition coefficient (Wildman–Crippen LogP) is 2.03. The van der Waals surface area contributed by atoms with Crippen molar-refractivity contribution in [2.24, 2.45) is 5.92 Å². The Morgan fingerprint density at radius 3 is 2.78 bits per heavy atom.